The van der Waals surface area contributed by atoms with E-state index >= 15 is 0 Å². The van der Waals surface area contributed by atoms with Crippen molar-refractivity contribution in [2.75, 3.05) is 7.11 Å². The van der Waals surface area contributed by atoms with Gasteiger partial charge in [0.05, 0.1) is 7.11 Å². The normalized spacial score (nSPS) is 21.6. The van der Waals surface area contributed by atoms with Gasteiger partial charge in [0, 0.05) is 5.39 Å². The van der Waals surface area contributed by atoms with Gasteiger partial charge in [0.15, 0.2) is 11.6 Å². The monoisotopic (exact) mass is 318 g/mol. The van der Waals surface area contributed by atoms with Crippen LogP contribution in [0.3, 0.4) is 0 Å². The first-order chi connectivity index (χ1) is 11.1. The lowest BCUT2D eigenvalue weighted by Crippen LogP contribution is -2.13. The lowest BCUT2D eigenvalue weighted by molar-refractivity contribution is 0.308. The van der Waals surface area contributed by atoms with Crippen molar-refractivity contribution in [3.8, 4) is 5.75 Å². The molecule has 1 nitrogen and oxygen atoms in total. The predicted octanol–water partition coefficient (Wildman–Crippen LogP) is 6.20. The number of hydrogen-bond acceptors (Lipinski definition) is 1. The summed E-state index contributed by atoms with van der Waals surface area (Å²) in [5.41, 5.74) is 1.14. The molecule has 3 rings (SSSR count). The summed E-state index contributed by atoms with van der Waals surface area (Å²) in [7, 11) is 1.35. The van der Waals surface area contributed by atoms with Crippen LogP contribution in [0.1, 0.15) is 56.9 Å². The van der Waals surface area contributed by atoms with Crippen LogP contribution < -0.4 is 4.74 Å². The van der Waals surface area contributed by atoms with E-state index < -0.39 is 11.6 Å². The van der Waals surface area contributed by atoms with Crippen LogP contribution in [0.15, 0.2) is 24.3 Å². The molecule has 0 saturated heterocycles. The first-order valence-corrected chi connectivity index (χ1v) is 8.59. The zero-order chi connectivity index (χ0) is 16.4. The zero-order valence-corrected chi connectivity index (χ0v) is 13.9. The molecule has 1 aliphatic carbocycles. The molecule has 124 valence electrons. The molecule has 0 radical (unpaired) electrons. The van der Waals surface area contributed by atoms with E-state index in [-0.39, 0.29) is 5.75 Å². The Morgan fingerprint density at radius 1 is 1.04 bits per heavy atom. The highest BCUT2D eigenvalue weighted by Crippen LogP contribution is 2.39. The Kier molecular flexibility index (Phi) is 4.84. The van der Waals surface area contributed by atoms with E-state index in [0.717, 1.165) is 24.3 Å². The molecule has 0 aromatic heterocycles. The van der Waals surface area contributed by atoms with Gasteiger partial charge in [0.1, 0.15) is 0 Å². The zero-order valence-electron chi connectivity index (χ0n) is 13.9. The first-order valence-electron chi connectivity index (χ1n) is 8.59. The van der Waals surface area contributed by atoms with Crippen molar-refractivity contribution in [3.63, 3.8) is 0 Å². The van der Waals surface area contributed by atoms with E-state index in [4.69, 9.17) is 4.74 Å². The molecule has 2 aromatic carbocycles. The highest BCUT2D eigenvalue weighted by atomic mass is 19.2. The fraction of sp³-hybridized carbons (Fsp3) is 0.500. The van der Waals surface area contributed by atoms with Crippen molar-refractivity contribution in [2.45, 2.75) is 51.4 Å². The van der Waals surface area contributed by atoms with Gasteiger partial charge in [-0.1, -0.05) is 31.9 Å². The third-order valence-corrected chi connectivity index (χ3v) is 5.24. The summed E-state index contributed by atoms with van der Waals surface area (Å²) in [5.74, 6) is -0.431. The summed E-state index contributed by atoms with van der Waals surface area (Å²) >= 11 is 0. The van der Waals surface area contributed by atoms with Gasteiger partial charge in [-0.05, 0) is 60.6 Å². The SMILES string of the molecule is CCCC1CCC(c2ccc3cc(OC)c(F)c(F)c3c2)CC1. The average Bonchev–Trinajstić information content (AvgIpc) is 2.59. The second kappa shape index (κ2) is 6.86. The molecule has 0 spiro atoms. The van der Waals surface area contributed by atoms with E-state index in [0.29, 0.717) is 16.7 Å². The van der Waals surface area contributed by atoms with Gasteiger partial charge >= 0.3 is 0 Å². The quantitative estimate of drug-likeness (QED) is 0.652. The molecule has 1 aliphatic rings. The minimum atomic E-state index is -0.899. The molecular weight excluding hydrogens is 294 g/mol. The van der Waals surface area contributed by atoms with Gasteiger partial charge in [0.25, 0.3) is 0 Å². The molecule has 3 heteroatoms. The molecule has 0 aliphatic heterocycles. The van der Waals surface area contributed by atoms with E-state index in [2.05, 4.69) is 13.0 Å². The van der Waals surface area contributed by atoms with Crippen LogP contribution in [0.2, 0.25) is 0 Å². The lowest BCUT2D eigenvalue weighted by atomic mass is 9.77. The molecule has 1 saturated carbocycles. The van der Waals surface area contributed by atoms with Crippen molar-refractivity contribution in [1.82, 2.24) is 0 Å². The van der Waals surface area contributed by atoms with Gasteiger partial charge in [0.2, 0.25) is 5.82 Å². The Balaban J connectivity index is 1.87. The minimum Gasteiger partial charge on any atom is -0.494 e. The van der Waals surface area contributed by atoms with Crippen LogP contribution in [0, 0.1) is 17.6 Å². The molecule has 2 aromatic rings. The highest BCUT2D eigenvalue weighted by molar-refractivity contribution is 5.85. The van der Waals surface area contributed by atoms with Crippen molar-refractivity contribution in [2.24, 2.45) is 5.92 Å². The van der Waals surface area contributed by atoms with Gasteiger partial charge in [-0.15, -0.1) is 0 Å². The van der Waals surface area contributed by atoms with Crippen LogP contribution >= 0.6 is 0 Å². The van der Waals surface area contributed by atoms with Gasteiger partial charge in [-0.25, -0.2) is 4.39 Å². The summed E-state index contributed by atoms with van der Waals surface area (Å²) in [4.78, 5) is 0. The summed E-state index contributed by atoms with van der Waals surface area (Å²) in [6, 6.07) is 7.34. The van der Waals surface area contributed by atoms with Gasteiger partial charge in [-0.3, -0.25) is 0 Å². The van der Waals surface area contributed by atoms with Gasteiger partial charge in [-0.2, -0.15) is 4.39 Å². The van der Waals surface area contributed by atoms with Crippen LogP contribution in [0.4, 0.5) is 8.78 Å². The Labute approximate surface area is 136 Å². The Morgan fingerprint density at radius 2 is 1.78 bits per heavy atom. The largest absolute Gasteiger partial charge is 0.494 e. The fourth-order valence-corrected chi connectivity index (χ4v) is 3.92. The molecule has 0 atom stereocenters. The molecule has 0 N–H and O–H groups in total. The van der Waals surface area contributed by atoms with Crippen molar-refractivity contribution >= 4 is 10.8 Å². The molecule has 0 heterocycles. The molecule has 0 bridgehead atoms. The van der Waals surface area contributed by atoms with Crippen LogP contribution in [0.5, 0.6) is 5.75 Å². The second-order valence-electron chi connectivity index (χ2n) is 6.69. The third-order valence-electron chi connectivity index (χ3n) is 5.24. The van der Waals surface area contributed by atoms with E-state index in [1.165, 1.54) is 32.8 Å². The standard InChI is InChI=1S/C20H24F2O/c1-3-4-13-5-7-14(8-6-13)15-9-10-16-12-18(23-2)20(22)19(21)17(16)11-15/h9-14H,3-8H2,1-2H3. The van der Waals surface area contributed by atoms with E-state index in [1.54, 1.807) is 6.07 Å². The Morgan fingerprint density at radius 3 is 2.43 bits per heavy atom. The summed E-state index contributed by atoms with van der Waals surface area (Å²) in [6.45, 7) is 2.24. The Bertz CT molecular complexity index is 688. The Hall–Kier alpha value is -1.64. The minimum absolute atomic E-state index is 0.0391. The van der Waals surface area contributed by atoms with Crippen LogP contribution in [-0.4, -0.2) is 7.11 Å². The number of halogens is 2. The van der Waals surface area contributed by atoms with Crippen molar-refractivity contribution < 1.29 is 13.5 Å². The van der Waals surface area contributed by atoms with Gasteiger partial charge < -0.3 is 4.74 Å². The van der Waals surface area contributed by atoms with Crippen LogP contribution in [0.25, 0.3) is 10.8 Å². The smallest absolute Gasteiger partial charge is 0.201 e. The fourth-order valence-electron chi connectivity index (χ4n) is 3.92. The molecule has 0 unspecified atom stereocenters. The highest BCUT2D eigenvalue weighted by Gasteiger charge is 2.23. The van der Waals surface area contributed by atoms with Crippen molar-refractivity contribution in [1.29, 1.82) is 0 Å². The second-order valence-corrected chi connectivity index (χ2v) is 6.69. The maximum Gasteiger partial charge on any atom is 0.201 e. The molecular formula is C20H24F2O. The molecule has 1 fully saturated rings. The van der Waals surface area contributed by atoms with Crippen molar-refractivity contribution in [3.05, 3.63) is 41.5 Å². The first kappa shape index (κ1) is 16.2. The number of hydrogen-bond donors (Lipinski definition) is 0. The average molecular weight is 318 g/mol. The number of ether oxygens (including phenoxy) is 1. The summed E-state index contributed by atoms with van der Waals surface area (Å²) in [5, 5.41) is 1.04. The predicted molar refractivity (Wildman–Crippen MR) is 90.0 cm³/mol. The lowest BCUT2D eigenvalue weighted by Gasteiger charge is -2.28. The van der Waals surface area contributed by atoms with E-state index in [1.807, 2.05) is 12.1 Å². The molecule has 0 amide bonds. The van der Waals surface area contributed by atoms with Crippen LogP contribution in [-0.2, 0) is 0 Å². The number of rotatable bonds is 4. The number of benzene rings is 2. The van der Waals surface area contributed by atoms with E-state index in [9.17, 15) is 8.78 Å². The summed E-state index contributed by atoms with van der Waals surface area (Å²) in [6.07, 6.45) is 7.35. The maximum atomic E-state index is 14.3. The molecule has 23 heavy (non-hydrogen) atoms. The topological polar surface area (TPSA) is 9.23 Å². The number of methoxy groups -OCH3 is 1. The number of fused-ring (bicyclic) bond motifs is 1. The third kappa shape index (κ3) is 3.19. The summed E-state index contributed by atoms with van der Waals surface area (Å²) < 4.78 is 33.1. The maximum absolute atomic E-state index is 14.3.